The van der Waals surface area contributed by atoms with Crippen LogP contribution in [0.2, 0.25) is 5.02 Å². The normalized spacial score (nSPS) is 19.8. The largest absolute Gasteiger partial charge is 0.493 e. The molecule has 1 saturated heterocycles. The highest BCUT2D eigenvalue weighted by atomic mass is 35.5. The van der Waals surface area contributed by atoms with Crippen LogP contribution in [-0.2, 0) is 11.3 Å². The zero-order valence-corrected chi connectivity index (χ0v) is 14.3. The van der Waals surface area contributed by atoms with E-state index in [1.54, 1.807) is 25.2 Å². The summed E-state index contributed by atoms with van der Waals surface area (Å²) in [6, 6.07) is 12.3. The molecule has 0 aromatic heterocycles. The monoisotopic (exact) mass is 346 g/mol. The molecule has 126 valence electrons. The van der Waals surface area contributed by atoms with Crippen LogP contribution in [0.1, 0.15) is 17.2 Å². The van der Waals surface area contributed by atoms with Gasteiger partial charge in [-0.05, 0) is 29.3 Å². The zero-order chi connectivity index (χ0) is 17.3. The molecule has 0 radical (unpaired) electrons. The lowest BCUT2D eigenvalue weighted by Crippen LogP contribution is -2.62. The summed E-state index contributed by atoms with van der Waals surface area (Å²) < 4.78 is 10.6. The molecule has 0 aliphatic carbocycles. The first-order chi connectivity index (χ1) is 11.6. The minimum Gasteiger partial charge on any atom is -0.493 e. The van der Waals surface area contributed by atoms with Crippen molar-refractivity contribution in [2.24, 2.45) is 5.73 Å². The molecule has 6 heteroatoms. The fraction of sp³-hybridized carbons (Fsp3) is 0.278. The molecule has 2 N–H and O–H groups in total. The second-order valence-electron chi connectivity index (χ2n) is 5.65. The van der Waals surface area contributed by atoms with Crippen LogP contribution in [-0.4, -0.2) is 31.1 Å². The highest BCUT2D eigenvalue weighted by Gasteiger charge is 2.46. The van der Waals surface area contributed by atoms with Crippen LogP contribution < -0.4 is 15.2 Å². The number of hydrogen-bond acceptors (Lipinski definition) is 4. The molecule has 2 aromatic carbocycles. The minimum atomic E-state index is -0.565. The van der Waals surface area contributed by atoms with Crippen molar-refractivity contribution in [1.82, 2.24) is 4.90 Å². The third-order valence-corrected chi connectivity index (χ3v) is 4.61. The molecule has 1 amide bonds. The van der Waals surface area contributed by atoms with E-state index >= 15 is 0 Å². The quantitative estimate of drug-likeness (QED) is 0.845. The Morgan fingerprint density at radius 3 is 2.50 bits per heavy atom. The van der Waals surface area contributed by atoms with Crippen LogP contribution in [0.15, 0.2) is 42.5 Å². The van der Waals surface area contributed by atoms with Crippen molar-refractivity contribution in [3.63, 3.8) is 0 Å². The van der Waals surface area contributed by atoms with Crippen molar-refractivity contribution in [3.8, 4) is 11.5 Å². The summed E-state index contributed by atoms with van der Waals surface area (Å²) in [6.07, 6.45) is 0. The fourth-order valence-electron chi connectivity index (χ4n) is 3.00. The van der Waals surface area contributed by atoms with Gasteiger partial charge >= 0.3 is 0 Å². The average Bonchev–Trinajstić information content (AvgIpc) is 2.62. The number of nitrogens with zero attached hydrogens (tertiary/aromatic N) is 1. The van der Waals surface area contributed by atoms with Crippen molar-refractivity contribution in [1.29, 1.82) is 0 Å². The van der Waals surface area contributed by atoms with E-state index in [9.17, 15) is 4.79 Å². The van der Waals surface area contributed by atoms with E-state index in [1.165, 1.54) is 0 Å². The van der Waals surface area contributed by atoms with E-state index in [-0.39, 0.29) is 11.9 Å². The van der Waals surface area contributed by atoms with Gasteiger partial charge in [-0.25, -0.2) is 0 Å². The Bertz CT molecular complexity index is 766. The number of ether oxygens (including phenoxy) is 2. The summed E-state index contributed by atoms with van der Waals surface area (Å²) in [5.74, 6) is 1.19. The Labute approximate surface area is 145 Å². The third kappa shape index (κ3) is 2.81. The van der Waals surface area contributed by atoms with Crippen molar-refractivity contribution in [2.45, 2.75) is 18.6 Å². The smallest absolute Gasteiger partial charge is 0.242 e. The number of amides is 1. The molecule has 2 atom stereocenters. The molecule has 1 aliphatic heterocycles. The van der Waals surface area contributed by atoms with Crippen molar-refractivity contribution >= 4 is 17.5 Å². The Hall–Kier alpha value is -2.24. The van der Waals surface area contributed by atoms with E-state index in [1.807, 2.05) is 36.4 Å². The van der Waals surface area contributed by atoms with Gasteiger partial charge in [0, 0.05) is 11.6 Å². The number of halogens is 1. The summed E-state index contributed by atoms with van der Waals surface area (Å²) in [6.45, 7) is 0.433. The van der Waals surface area contributed by atoms with Crippen LogP contribution in [0.3, 0.4) is 0 Å². The van der Waals surface area contributed by atoms with Crippen molar-refractivity contribution in [3.05, 3.63) is 58.6 Å². The Morgan fingerprint density at radius 1 is 1.12 bits per heavy atom. The maximum atomic E-state index is 12.2. The number of hydrogen-bond donors (Lipinski definition) is 1. The molecular weight excluding hydrogens is 328 g/mol. The third-order valence-electron chi connectivity index (χ3n) is 4.27. The molecule has 1 fully saturated rings. The van der Waals surface area contributed by atoms with E-state index < -0.39 is 6.04 Å². The predicted molar refractivity (Wildman–Crippen MR) is 92.3 cm³/mol. The number of β-lactam (4-membered cyclic amide) rings is 1. The van der Waals surface area contributed by atoms with E-state index in [4.69, 9.17) is 26.8 Å². The van der Waals surface area contributed by atoms with Crippen molar-refractivity contribution in [2.75, 3.05) is 14.2 Å². The van der Waals surface area contributed by atoms with Gasteiger partial charge in [-0.2, -0.15) is 0 Å². The fourth-order valence-corrected chi connectivity index (χ4v) is 3.25. The highest BCUT2D eigenvalue weighted by Crippen LogP contribution is 2.39. The Kier molecular flexibility index (Phi) is 4.64. The molecular formula is C18H19ClN2O3. The van der Waals surface area contributed by atoms with Crippen LogP contribution in [0.25, 0.3) is 0 Å². The van der Waals surface area contributed by atoms with Gasteiger partial charge in [0.1, 0.15) is 6.04 Å². The number of likely N-dealkylation sites (tertiary alicyclic amines) is 1. The summed E-state index contributed by atoms with van der Waals surface area (Å²) >= 11 is 6.27. The lowest BCUT2D eigenvalue weighted by atomic mass is 9.88. The number of carbonyl (C=O) groups excluding carboxylic acids is 1. The van der Waals surface area contributed by atoms with Gasteiger partial charge < -0.3 is 20.1 Å². The van der Waals surface area contributed by atoms with Gasteiger partial charge in [0.25, 0.3) is 0 Å². The van der Waals surface area contributed by atoms with Crippen LogP contribution in [0.5, 0.6) is 11.5 Å². The van der Waals surface area contributed by atoms with Gasteiger partial charge in [-0.15, -0.1) is 0 Å². The molecule has 2 aromatic rings. The van der Waals surface area contributed by atoms with Gasteiger partial charge in [0.05, 0.1) is 20.3 Å². The zero-order valence-electron chi connectivity index (χ0n) is 13.5. The lowest BCUT2D eigenvalue weighted by Gasteiger charge is -2.46. The van der Waals surface area contributed by atoms with Gasteiger partial charge in [0.2, 0.25) is 5.91 Å². The molecule has 5 nitrogen and oxygen atoms in total. The van der Waals surface area contributed by atoms with Crippen LogP contribution in [0, 0.1) is 0 Å². The Morgan fingerprint density at radius 2 is 1.83 bits per heavy atom. The summed E-state index contributed by atoms with van der Waals surface area (Å²) in [5, 5.41) is 0.614. The maximum absolute atomic E-state index is 12.2. The summed E-state index contributed by atoms with van der Waals surface area (Å²) in [5.41, 5.74) is 7.82. The molecule has 0 saturated carbocycles. The standard InChI is InChI=1S/C18H19ClN2O3/c1-23-14-8-7-11(9-15(14)24-2)10-21-17(16(20)18(21)22)12-5-3-4-6-13(12)19/h3-9,16-17H,10,20H2,1-2H3/t16-,17+/m1/s1. The highest BCUT2D eigenvalue weighted by molar-refractivity contribution is 6.31. The van der Waals surface area contributed by atoms with Crippen LogP contribution in [0.4, 0.5) is 0 Å². The molecule has 0 bridgehead atoms. The summed E-state index contributed by atoms with van der Waals surface area (Å²) in [4.78, 5) is 14.0. The number of nitrogens with two attached hydrogens (primary N) is 1. The molecule has 24 heavy (non-hydrogen) atoms. The Balaban J connectivity index is 1.86. The van der Waals surface area contributed by atoms with E-state index in [2.05, 4.69) is 0 Å². The molecule has 0 spiro atoms. The average molecular weight is 347 g/mol. The lowest BCUT2D eigenvalue weighted by molar-refractivity contribution is -0.150. The SMILES string of the molecule is COc1ccc(CN2C(=O)[C@H](N)[C@@H]2c2ccccc2Cl)cc1OC. The number of benzene rings is 2. The first-order valence-electron chi connectivity index (χ1n) is 7.58. The summed E-state index contributed by atoms with van der Waals surface area (Å²) in [7, 11) is 3.17. The second-order valence-corrected chi connectivity index (χ2v) is 6.05. The predicted octanol–water partition coefficient (Wildman–Crippen LogP) is 2.77. The molecule has 1 heterocycles. The molecule has 1 aliphatic rings. The van der Waals surface area contributed by atoms with Crippen molar-refractivity contribution < 1.29 is 14.3 Å². The van der Waals surface area contributed by atoms with E-state index in [0.29, 0.717) is 23.1 Å². The molecule has 3 rings (SSSR count). The van der Waals surface area contributed by atoms with Gasteiger partial charge in [-0.3, -0.25) is 4.79 Å². The van der Waals surface area contributed by atoms with Crippen LogP contribution >= 0.6 is 11.6 Å². The molecule has 0 unspecified atom stereocenters. The number of methoxy groups -OCH3 is 2. The second kappa shape index (κ2) is 6.71. The maximum Gasteiger partial charge on any atom is 0.242 e. The number of rotatable bonds is 5. The van der Waals surface area contributed by atoms with Gasteiger partial charge in [0.15, 0.2) is 11.5 Å². The topological polar surface area (TPSA) is 64.8 Å². The first-order valence-corrected chi connectivity index (χ1v) is 7.96. The first kappa shape index (κ1) is 16.6. The minimum absolute atomic E-state index is 0.0882. The number of carbonyl (C=O) groups is 1. The van der Waals surface area contributed by atoms with Gasteiger partial charge in [-0.1, -0.05) is 35.9 Å². The van der Waals surface area contributed by atoms with E-state index in [0.717, 1.165) is 11.1 Å².